The number of unbranched alkanes of at least 4 members (excludes halogenated alkanes) is 2. The fraction of sp³-hybridized carbons (Fsp3) is 0.929. The summed E-state index contributed by atoms with van der Waals surface area (Å²) < 4.78 is 5.38. The number of rotatable bonds is 5. The van der Waals surface area contributed by atoms with Crippen molar-refractivity contribution in [3.8, 4) is 0 Å². The van der Waals surface area contributed by atoms with Crippen molar-refractivity contribution in [1.29, 1.82) is 0 Å². The number of hydrogen-bond donors (Lipinski definition) is 1. The maximum Gasteiger partial charge on any atom is 0.410 e. The normalized spacial score (nSPS) is 17.6. The van der Waals surface area contributed by atoms with Gasteiger partial charge in [-0.05, 0) is 46.7 Å². The first-order valence-electron chi connectivity index (χ1n) is 7.33. The number of piperazine rings is 1. The number of carbonyl (C=O) groups is 1. The highest BCUT2D eigenvalue weighted by Crippen LogP contribution is 2.12. The highest BCUT2D eigenvalue weighted by atomic mass is 16.6. The van der Waals surface area contributed by atoms with Crippen LogP contribution < -0.4 is 5.73 Å². The Morgan fingerprint density at radius 3 is 2.26 bits per heavy atom. The molecule has 1 saturated heterocycles. The molecule has 2 N–H and O–H groups in total. The molecule has 1 amide bonds. The second-order valence-electron chi connectivity index (χ2n) is 6.16. The molecule has 0 spiro atoms. The molecule has 1 rings (SSSR count). The van der Waals surface area contributed by atoms with E-state index in [-0.39, 0.29) is 6.09 Å². The van der Waals surface area contributed by atoms with E-state index in [1.54, 1.807) is 0 Å². The topological polar surface area (TPSA) is 58.8 Å². The smallest absolute Gasteiger partial charge is 0.410 e. The summed E-state index contributed by atoms with van der Waals surface area (Å²) in [6, 6.07) is 0. The van der Waals surface area contributed by atoms with Crippen molar-refractivity contribution in [3.63, 3.8) is 0 Å². The molecule has 0 aromatic rings. The molecule has 5 nitrogen and oxygen atoms in total. The van der Waals surface area contributed by atoms with Crippen LogP contribution in [0.4, 0.5) is 4.79 Å². The second kappa shape index (κ2) is 7.70. The van der Waals surface area contributed by atoms with Crippen molar-refractivity contribution in [2.24, 2.45) is 5.73 Å². The van der Waals surface area contributed by atoms with E-state index in [1.165, 1.54) is 12.8 Å². The molecular weight excluding hydrogens is 242 g/mol. The average molecular weight is 271 g/mol. The van der Waals surface area contributed by atoms with Crippen LogP contribution in [-0.2, 0) is 4.74 Å². The van der Waals surface area contributed by atoms with Crippen LogP contribution in [0.25, 0.3) is 0 Å². The van der Waals surface area contributed by atoms with Crippen LogP contribution in [0, 0.1) is 0 Å². The van der Waals surface area contributed by atoms with Crippen LogP contribution in [0.1, 0.15) is 40.0 Å². The van der Waals surface area contributed by atoms with E-state index in [0.29, 0.717) is 0 Å². The van der Waals surface area contributed by atoms with E-state index < -0.39 is 5.60 Å². The van der Waals surface area contributed by atoms with E-state index >= 15 is 0 Å². The van der Waals surface area contributed by atoms with Crippen molar-refractivity contribution < 1.29 is 9.53 Å². The third kappa shape index (κ3) is 6.78. The Kier molecular flexibility index (Phi) is 6.58. The van der Waals surface area contributed by atoms with Crippen molar-refractivity contribution in [2.75, 3.05) is 39.3 Å². The van der Waals surface area contributed by atoms with E-state index in [0.717, 1.165) is 45.7 Å². The highest BCUT2D eigenvalue weighted by Gasteiger charge is 2.25. The van der Waals surface area contributed by atoms with Crippen molar-refractivity contribution in [3.05, 3.63) is 0 Å². The minimum atomic E-state index is -0.406. The van der Waals surface area contributed by atoms with E-state index in [2.05, 4.69) is 4.90 Å². The van der Waals surface area contributed by atoms with Crippen LogP contribution in [0.5, 0.6) is 0 Å². The number of amides is 1. The van der Waals surface area contributed by atoms with Gasteiger partial charge in [-0.3, -0.25) is 4.90 Å². The third-order valence-electron chi connectivity index (χ3n) is 3.20. The first-order valence-corrected chi connectivity index (χ1v) is 7.33. The van der Waals surface area contributed by atoms with Gasteiger partial charge in [-0.15, -0.1) is 0 Å². The molecule has 0 aromatic carbocycles. The Bertz CT molecular complexity index is 268. The standard InChI is InChI=1S/C14H29N3O2/c1-14(2,3)19-13(18)17-11-9-16(10-12-17)8-6-4-5-7-15/h4-12,15H2,1-3H3. The second-order valence-corrected chi connectivity index (χ2v) is 6.16. The molecule has 1 aliphatic rings. The summed E-state index contributed by atoms with van der Waals surface area (Å²) in [7, 11) is 0. The molecular formula is C14H29N3O2. The van der Waals surface area contributed by atoms with Crippen LogP contribution >= 0.6 is 0 Å². The van der Waals surface area contributed by atoms with Gasteiger partial charge in [0, 0.05) is 26.2 Å². The minimum absolute atomic E-state index is 0.185. The first-order chi connectivity index (χ1) is 8.92. The summed E-state index contributed by atoms with van der Waals surface area (Å²) in [6.07, 6.45) is 3.32. The Morgan fingerprint density at radius 1 is 1.11 bits per heavy atom. The number of nitrogens with zero attached hydrogens (tertiary/aromatic N) is 2. The predicted molar refractivity (Wildman–Crippen MR) is 77.2 cm³/mol. The van der Waals surface area contributed by atoms with E-state index in [4.69, 9.17) is 10.5 Å². The summed E-state index contributed by atoms with van der Waals surface area (Å²) in [5, 5.41) is 0. The fourth-order valence-corrected chi connectivity index (χ4v) is 2.14. The Balaban J connectivity index is 2.19. The summed E-state index contributed by atoms with van der Waals surface area (Å²) in [5.74, 6) is 0. The summed E-state index contributed by atoms with van der Waals surface area (Å²) in [4.78, 5) is 16.1. The number of hydrogen-bond acceptors (Lipinski definition) is 4. The van der Waals surface area contributed by atoms with Gasteiger partial charge < -0.3 is 15.4 Å². The molecule has 112 valence electrons. The molecule has 5 heteroatoms. The lowest BCUT2D eigenvalue weighted by atomic mass is 10.2. The first kappa shape index (κ1) is 16.2. The lowest BCUT2D eigenvalue weighted by Gasteiger charge is -2.35. The molecule has 0 unspecified atom stereocenters. The van der Waals surface area contributed by atoms with Gasteiger partial charge in [-0.1, -0.05) is 6.42 Å². The van der Waals surface area contributed by atoms with Crippen molar-refractivity contribution in [2.45, 2.75) is 45.6 Å². The van der Waals surface area contributed by atoms with Crippen LogP contribution in [0.3, 0.4) is 0 Å². The van der Waals surface area contributed by atoms with Gasteiger partial charge in [0.25, 0.3) is 0 Å². The van der Waals surface area contributed by atoms with E-state index in [1.807, 2.05) is 25.7 Å². The number of carbonyl (C=O) groups excluding carboxylic acids is 1. The lowest BCUT2D eigenvalue weighted by Crippen LogP contribution is -2.50. The van der Waals surface area contributed by atoms with Gasteiger partial charge in [-0.2, -0.15) is 0 Å². The highest BCUT2D eigenvalue weighted by molar-refractivity contribution is 5.68. The zero-order chi connectivity index (χ0) is 14.3. The average Bonchev–Trinajstić information content (AvgIpc) is 2.33. The molecule has 19 heavy (non-hydrogen) atoms. The van der Waals surface area contributed by atoms with Crippen molar-refractivity contribution >= 4 is 6.09 Å². The quantitative estimate of drug-likeness (QED) is 0.773. The molecule has 0 bridgehead atoms. The molecule has 0 aromatic heterocycles. The van der Waals surface area contributed by atoms with Gasteiger partial charge in [0.05, 0.1) is 0 Å². The molecule has 1 fully saturated rings. The molecule has 1 aliphatic heterocycles. The monoisotopic (exact) mass is 271 g/mol. The van der Waals surface area contributed by atoms with Crippen molar-refractivity contribution in [1.82, 2.24) is 9.80 Å². The predicted octanol–water partition coefficient (Wildman–Crippen LogP) is 1.67. The molecule has 0 aliphatic carbocycles. The summed E-state index contributed by atoms with van der Waals surface area (Å²) in [6.45, 7) is 11.0. The van der Waals surface area contributed by atoms with Gasteiger partial charge >= 0.3 is 6.09 Å². The minimum Gasteiger partial charge on any atom is -0.444 e. The van der Waals surface area contributed by atoms with Gasteiger partial charge in [-0.25, -0.2) is 4.79 Å². The zero-order valence-corrected chi connectivity index (χ0v) is 12.7. The Morgan fingerprint density at radius 2 is 1.74 bits per heavy atom. The lowest BCUT2D eigenvalue weighted by molar-refractivity contribution is 0.0144. The van der Waals surface area contributed by atoms with E-state index in [9.17, 15) is 4.79 Å². The van der Waals surface area contributed by atoms with Gasteiger partial charge in [0.1, 0.15) is 5.60 Å². The summed E-state index contributed by atoms with van der Waals surface area (Å²) in [5.41, 5.74) is 5.07. The van der Waals surface area contributed by atoms with Gasteiger partial charge in [0.15, 0.2) is 0 Å². The molecule has 0 radical (unpaired) electrons. The third-order valence-corrected chi connectivity index (χ3v) is 3.20. The Labute approximate surface area is 117 Å². The molecule has 1 heterocycles. The SMILES string of the molecule is CC(C)(C)OC(=O)N1CCN(CCCCCN)CC1. The summed E-state index contributed by atoms with van der Waals surface area (Å²) >= 11 is 0. The van der Waals surface area contributed by atoms with Crippen LogP contribution in [0.2, 0.25) is 0 Å². The maximum absolute atomic E-state index is 11.9. The van der Waals surface area contributed by atoms with Crippen LogP contribution in [-0.4, -0.2) is 60.8 Å². The Hall–Kier alpha value is -0.810. The van der Waals surface area contributed by atoms with Crippen LogP contribution in [0.15, 0.2) is 0 Å². The maximum atomic E-state index is 11.9. The zero-order valence-electron chi connectivity index (χ0n) is 12.7. The molecule has 0 atom stereocenters. The fourth-order valence-electron chi connectivity index (χ4n) is 2.14. The largest absolute Gasteiger partial charge is 0.444 e. The number of ether oxygens (including phenoxy) is 1. The number of nitrogens with two attached hydrogens (primary N) is 1. The van der Waals surface area contributed by atoms with Gasteiger partial charge in [0.2, 0.25) is 0 Å². The molecule has 0 saturated carbocycles.